The Morgan fingerprint density at radius 1 is 0.923 bits per heavy atom. The molecule has 0 radical (unpaired) electrons. The Morgan fingerprint density at radius 2 is 1.42 bits per heavy atom. The van der Waals surface area contributed by atoms with E-state index in [1.54, 1.807) is 36.7 Å². The molecule has 0 saturated carbocycles. The molecule has 2 N–H and O–H groups in total. The molecule has 0 fully saturated rings. The van der Waals surface area contributed by atoms with Crippen LogP contribution >= 0.6 is 0 Å². The highest BCUT2D eigenvalue weighted by atomic mass is 32.2. The molecule has 1 heterocycles. The fraction of sp³-hybridized carbons (Fsp3) is 0.333. The number of aromatic nitrogens is 1. The quantitative estimate of drug-likeness (QED) is 0.738. The molecular formula is C18H24N4O3S. The van der Waals surface area contributed by atoms with Gasteiger partial charge in [0, 0.05) is 38.6 Å². The number of hydrogen-bond acceptors (Lipinski definition) is 4. The van der Waals surface area contributed by atoms with Crippen LogP contribution in [0.1, 0.15) is 25.0 Å². The number of pyridine rings is 1. The number of rotatable bonds is 8. The lowest BCUT2D eigenvalue weighted by atomic mass is 10.2. The Morgan fingerprint density at radius 3 is 1.92 bits per heavy atom. The van der Waals surface area contributed by atoms with Gasteiger partial charge in [-0.05, 0) is 35.4 Å². The lowest BCUT2D eigenvalue weighted by Crippen LogP contribution is -2.34. The number of amides is 2. The monoisotopic (exact) mass is 376 g/mol. The third-order valence-electron chi connectivity index (χ3n) is 3.92. The van der Waals surface area contributed by atoms with Gasteiger partial charge in [-0.2, -0.15) is 4.31 Å². The molecule has 7 nitrogen and oxygen atoms in total. The first-order chi connectivity index (χ1) is 12.5. The van der Waals surface area contributed by atoms with Gasteiger partial charge in [0.2, 0.25) is 10.0 Å². The van der Waals surface area contributed by atoms with Gasteiger partial charge in [-0.1, -0.05) is 26.0 Å². The van der Waals surface area contributed by atoms with Gasteiger partial charge in [-0.25, -0.2) is 13.2 Å². The second-order valence-corrected chi connectivity index (χ2v) is 7.56. The highest BCUT2D eigenvalue weighted by molar-refractivity contribution is 7.89. The van der Waals surface area contributed by atoms with Crippen LogP contribution in [0.3, 0.4) is 0 Å². The summed E-state index contributed by atoms with van der Waals surface area (Å²) in [6, 6.07) is 9.92. The van der Waals surface area contributed by atoms with Crippen LogP contribution in [-0.4, -0.2) is 36.8 Å². The Labute approximate surface area is 154 Å². The van der Waals surface area contributed by atoms with Crippen molar-refractivity contribution in [2.24, 2.45) is 0 Å². The van der Waals surface area contributed by atoms with Crippen LogP contribution in [0.4, 0.5) is 4.79 Å². The molecule has 2 amide bonds. The summed E-state index contributed by atoms with van der Waals surface area (Å²) in [6.45, 7) is 5.20. The van der Waals surface area contributed by atoms with Gasteiger partial charge in [0.05, 0.1) is 4.90 Å². The summed E-state index contributed by atoms with van der Waals surface area (Å²) in [5.74, 6) is 0. The van der Waals surface area contributed by atoms with Crippen LogP contribution in [0.25, 0.3) is 0 Å². The Bertz CT molecular complexity index is 804. The Hall–Kier alpha value is -2.45. The van der Waals surface area contributed by atoms with Crippen molar-refractivity contribution in [1.29, 1.82) is 0 Å². The van der Waals surface area contributed by atoms with Gasteiger partial charge in [-0.3, -0.25) is 4.98 Å². The number of carbonyl (C=O) groups is 1. The predicted octanol–water partition coefficient (Wildman–Crippen LogP) is 2.11. The van der Waals surface area contributed by atoms with Crippen LogP contribution in [0, 0.1) is 0 Å². The average molecular weight is 376 g/mol. The SMILES string of the molecule is CCN(CC)S(=O)(=O)c1ccc(CNC(=O)NCc2ccncc2)cc1. The van der Waals surface area contributed by atoms with E-state index < -0.39 is 10.0 Å². The van der Waals surface area contributed by atoms with Crippen molar-refractivity contribution in [3.05, 3.63) is 59.9 Å². The topological polar surface area (TPSA) is 91.4 Å². The summed E-state index contributed by atoms with van der Waals surface area (Å²) in [5.41, 5.74) is 1.78. The lowest BCUT2D eigenvalue weighted by Gasteiger charge is -2.18. The van der Waals surface area contributed by atoms with Crippen molar-refractivity contribution >= 4 is 16.1 Å². The smallest absolute Gasteiger partial charge is 0.315 e. The minimum atomic E-state index is -3.46. The predicted molar refractivity (Wildman–Crippen MR) is 99.9 cm³/mol. The third kappa shape index (κ3) is 5.27. The van der Waals surface area contributed by atoms with E-state index in [0.717, 1.165) is 11.1 Å². The minimum Gasteiger partial charge on any atom is -0.334 e. The second-order valence-electron chi connectivity index (χ2n) is 5.62. The third-order valence-corrected chi connectivity index (χ3v) is 5.99. The first kappa shape index (κ1) is 19.9. The van der Waals surface area contributed by atoms with E-state index in [9.17, 15) is 13.2 Å². The van der Waals surface area contributed by atoms with Crippen molar-refractivity contribution in [1.82, 2.24) is 19.9 Å². The molecule has 0 atom stereocenters. The van der Waals surface area contributed by atoms with E-state index in [1.165, 1.54) is 4.31 Å². The first-order valence-electron chi connectivity index (χ1n) is 8.47. The van der Waals surface area contributed by atoms with E-state index in [4.69, 9.17) is 0 Å². The number of sulfonamides is 1. The molecule has 0 aliphatic heterocycles. The largest absolute Gasteiger partial charge is 0.334 e. The molecule has 1 aromatic carbocycles. The molecule has 1 aromatic heterocycles. The molecule has 0 bridgehead atoms. The molecule has 2 aromatic rings. The molecule has 140 valence electrons. The number of urea groups is 1. The van der Waals surface area contributed by atoms with Crippen LogP contribution in [-0.2, 0) is 23.1 Å². The summed E-state index contributed by atoms with van der Waals surface area (Å²) >= 11 is 0. The number of benzene rings is 1. The highest BCUT2D eigenvalue weighted by Crippen LogP contribution is 2.16. The molecule has 0 aliphatic rings. The molecule has 0 saturated heterocycles. The maximum atomic E-state index is 12.4. The number of nitrogens with zero attached hydrogens (tertiary/aromatic N) is 2. The fourth-order valence-electron chi connectivity index (χ4n) is 2.42. The van der Waals surface area contributed by atoms with Crippen molar-refractivity contribution in [3.8, 4) is 0 Å². The van der Waals surface area contributed by atoms with E-state index >= 15 is 0 Å². The Kier molecular flexibility index (Phi) is 7.11. The molecule has 2 rings (SSSR count). The minimum absolute atomic E-state index is 0.257. The average Bonchev–Trinajstić information content (AvgIpc) is 2.66. The summed E-state index contributed by atoms with van der Waals surface area (Å²) in [6.07, 6.45) is 3.34. The zero-order valence-corrected chi connectivity index (χ0v) is 15.8. The van der Waals surface area contributed by atoms with E-state index in [-0.39, 0.29) is 10.9 Å². The van der Waals surface area contributed by atoms with Gasteiger partial charge in [0.1, 0.15) is 0 Å². The van der Waals surface area contributed by atoms with Crippen molar-refractivity contribution in [2.45, 2.75) is 31.8 Å². The summed E-state index contributed by atoms with van der Waals surface area (Å²) in [5, 5.41) is 5.50. The van der Waals surface area contributed by atoms with Crippen LogP contribution in [0.5, 0.6) is 0 Å². The Balaban J connectivity index is 1.88. The summed E-state index contributed by atoms with van der Waals surface area (Å²) in [4.78, 5) is 16.0. The molecule has 0 spiro atoms. The van der Waals surface area contributed by atoms with Gasteiger partial charge < -0.3 is 10.6 Å². The molecule has 26 heavy (non-hydrogen) atoms. The van der Waals surface area contributed by atoms with Crippen molar-refractivity contribution < 1.29 is 13.2 Å². The summed E-state index contributed by atoms with van der Waals surface area (Å²) in [7, 11) is -3.46. The molecule has 0 unspecified atom stereocenters. The fourth-order valence-corrected chi connectivity index (χ4v) is 3.88. The zero-order valence-electron chi connectivity index (χ0n) is 15.0. The van der Waals surface area contributed by atoms with Gasteiger partial charge in [0.15, 0.2) is 0 Å². The van der Waals surface area contributed by atoms with E-state index in [1.807, 2.05) is 26.0 Å². The number of carbonyl (C=O) groups excluding carboxylic acids is 1. The van der Waals surface area contributed by atoms with Gasteiger partial charge in [-0.15, -0.1) is 0 Å². The van der Waals surface area contributed by atoms with Crippen LogP contribution in [0.15, 0.2) is 53.7 Å². The van der Waals surface area contributed by atoms with E-state index in [2.05, 4.69) is 15.6 Å². The van der Waals surface area contributed by atoms with E-state index in [0.29, 0.717) is 26.2 Å². The van der Waals surface area contributed by atoms with Gasteiger partial charge in [0.25, 0.3) is 0 Å². The zero-order chi connectivity index (χ0) is 19.0. The van der Waals surface area contributed by atoms with Crippen LogP contribution in [0.2, 0.25) is 0 Å². The molecule has 0 aliphatic carbocycles. The number of hydrogen-bond donors (Lipinski definition) is 2. The molecule has 8 heteroatoms. The molecular weight excluding hydrogens is 352 g/mol. The maximum Gasteiger partial charge on any atom is 0.315 e. The van der Waals surface area contributed by atoms with Crippen molar-refractivity contribution in [2.75, 3.05) is 13.1 Å². The highest BCUT2D eigenvalue weighted by Gasteiger charge is 2.21. The maximum absolute atomic E-state index is 12.4. The lowest BCUT2D eigenvalue weighted by molar-refractivity contribution is 0.240. The number of nitrogens with one attached hydrogen (secondary N) is 2. The van der Waals surface area contributed by atoms with Gasteiger partial charge >= 0.3 is 6.03 Å². The standard InChI is InChI=1S/C18H24N4O3S/c1-3-22(4-2)26(24,25)17-7-5-15(6-8-17)13-20-18(23)21-14-16-9-11-19-12-10-16/h5-12H,3-4,13-14H2,1-2H3,(H2,20,21,23). The normalized spacial score (nSPS) is 11.3. The second kappa shape index (κ2) is 9.30. The van der Waals surface area contributed by atoms with Crippen LogP contribution < -0.4 is 10.6 Å². The first-order valence-corrected chi connectivity index (χ1v) is 9.91. The van der Waals surface area contributed by atoms with Crippen molar-refractivity contribution in [3.63, 3.8) is 0 Å². The summed E-state index contributed by atoms with van der Waals surface area (Å²) < 4.78 is 26.3.